The highest BCUT2D eigenvalue weighted by atomic mass is 16.4. The number of aliphatic carboxylic acids is 1. The number of carboxylic acids is 1. The Hall–Kier alpha value is -1.26. The molecule has 0 rings (SSSR count). The maximum absolute atomic E-state index is 11.3. The van der Waals surface area contributed by atoms with E-state index in [0.717, 1.165) is 0 Å². The number of carbonyl (C=O) groups is 2. The van der Waals surface area contributed by atoms with E-state index in [2.05, 4.69) is 5.32 Å². The van der Waals surface area contributed by atoms with Gasteiger partial charge in [0.05, 0.1) is 0 Å². The molecule has 0 spiro atoms. The third-order valence-corrected chi connectivity index (χ3v) is 1.79. The molecule has 0 unspecified atom stereocenters. The van der Waals surface area contributed by atoms with Gasteiger partial charge in [0.2, 0.25) is 0 Å². The molecule has 0 aromatic heterocycles. The first-order valence-corrected chi connectivity index (χ1v) is 4.37. The van der Waals surface area contributed by atoms with Gasteiger partial charge in [-0.1, -0.05) is 20.8 Å². The van der Waals surface area contributed by atoms with Gasteiger partial charge in [-0.25, -0.2) is 9.59 Å². The smallest absolute Gasteiger partial charge is 0.326 e. The number of hydrogen-bond donors (Lipinski definition) is 2. The summed E-state index contributed by atoms with van der Waals surface area (Å²) >= 11 is 0. The first-order chi connectivity index (χ1) is 6.16. The van der Waals surface area contributed by atoms with Crippen LogP contribution in [0.2, 0.25) is 0 Å². The fourth-order valence-electron chi connectivity index (χ4n) is 0.901. The lowest BCUT2D eigenvalue weighted by molar-refractivity contribution is -0.141. The topological polar surface area (TPSA) is 69.6 Å². The van der Waals surface area contributed by atoms with Crippen LogP contribution in [-0.2, 0) is 4.79 Å². The molecule has 0 aromatic rings. The molecule has 0 fully saturated rings. The number of carboxylic acid groups (broad SMARTS) is 1. The fraction of sp³-hybridized carbons (Fsp3) is 0.778. The van der Waals surface area contributed by atoms with E-state index in [1.807, 2.05) is 0 Å². The minimum Gasteiger partial charge on any atom is -0.480 e. The van der Waals surface area contributed by atoms with Crippen LogP contribution < -0.4 is 5.32 Å². The Morgan fingerprint density at radius 3 is 1.93 bits per heavy atom. The molecule has 5 nitrogen and oxygen atoms in total. The Kier molecular flexibility index (Phi) is 3.92. The van der Waals surface area contributed by atoms with Crippen molar-refractivity contribution in [3.63, 3.8) is 0 Å². The molecule has 0 aliphatic rings. The van der Waals surface area contributed by atoms with Crippen molar-refractivity contribution in [2.75, 3.05) is 14.1 Å². The summed E-state index contributed by atoms with van der Waals surface area (Å²) in [4.78, 5) is 23.4. The Morgan fingerprint density at radius 1 is 1.29 bits per heavy atom. The van der Waals surface area contributed by atoms with E-state index in [0.29, 0.717) is 0 Å². The predicted molar refractivity (Wildman–Crippen MR) is 53.1 cm³/mol. The molecule has 5 heteroatoms. The van der Waals surface area contributed by atoms with Crippen molar-refractivity contribution in [2.24, 2.45) is 5.41 Å². The van der Waals surface area contributed by atoms with Crippen molar-refractivity contribution in [3.05, 3.63) is 0 Å². The second kappa shape index (κ2) is 4.30. The molecule has 1 atom stereocenters. The van der Waals surface area contributed by atoms with Crippen molar-refractivity contribution in [2.45, 2.75) is 26.8 Å². The standard InChI is InChI=1S/C9H18N2O3/c1-9(2,3)6(7(12)13)10-8(14)11(4)5/h6H,1-5H3,(H,10,14)(H,12,13)/t6-/m0/s1. The summed E-state index contributed by atoms with van der Waals surface area (Å²) in [7, 11) is 3.13. The molecule has 0 heterocycles. The van der Waals surface area contributed by atoms with E-state index < -0.39 is 23.5 Å². The van der Waals surface area contributed by atoms with Crippen molar-refractivity contribution in [1.29, 1.82) is 0 Å². The monoisotopic (exact) mass is 202 g/mol. The highest BCUT2D eigenvalue weighted by molar-refractivity contribution is 5.82. The fourth-order valence-corrected chi connectivity index (χ4v) is 0.901. The van der Waals surface area contributed by atoms with E-state index in [1.54, 1.807) is 34.9 Å². The summed E-state index contributed by atoms with van der Waals surface area (Å²) in [6, 6.07) is -1.27. The van der Waals surface area contributed by atoms with Crippen LogP contribution in [-0.4, -0.2) is 42.1 Å². The van der Waals surface area contributed by atoms with Crippen LogP contribution in [0, 0.1) is 5.41 Å². The third kappa shape index (κ3) is 3.64. The molecule has 0 aliphatic carbocycles. The van der Waals surface area contributed by atoms with E-state index >= 15 is 0 Å². The van der Waals surface area contributed by atoms with Gasteiger partial charge >= 0.3 is 12.0 Å². The number of hydrogen-bond acceptors (Lipinski definition) is 2. The number of amides is 2. The molecule has 2 N–H and O–H groups in total. The Balaban J connectivity index is 4.56. The predicted octanol–water partition coefficient (Wildman–Crippen LogP) is 0.757. The van der Waals surface area contributed by atoms with Gasteiger partial charge in [0.25, 0.3) is 0 Å². The quantitative estimate of drug-likeness (QED) is 0.694. The molecule has 0 aromatic carbocycles. The molecule has 2 amide bonds. The van der Waals surface area contributed by atoms with Crippen LogP contribution in [0.4, 0.5) is 4.79 Å². The summed E-state index contributed by atoms with van der Waals surface area (Å²) in [5.41, 5.74) is -0.502. The van der Waals surface area contributed by atoms with E-state index in [9.17, 15) is 9.59 Å². The zero-order valence-corrected chi connectivity index (χ0v) is 9.29. The maximum Gasteiger partial charge on any atom is 0.326 e. The molecule has 0 bridgehead atoms. The Bertz CT molecular complexity index is 231. The van der Waals surface area contributed by atoms with Crippen LogP contribution in [0.25, 0.3) is 0 Å². The summed E-state index contributed by atoms with van der Waals surface area (Å²) in [6.07, 6.45) is 0. The third-order valence-electron chi connectivity index (χ3n) is 1.79. The Morgan fingerprint density at radius 2 is 1.71 bits per heavy atom. The first-order valence-electron chi connectivity index (χ1n) is 4.37. The number of urea groups is 1. The minimum absolute atomic E-state index is 0.396. The van der Waals surface area contributed by atoms with Gasteiger partial charge in [-0.2, -0.15) is 0 Å². The zero-order valence-electron chi connectivity index (χ0n) is 9.29. The SMILES string of the molecule is CN(C)C(=O)N[C@@H](C(=O)O)C(C)(C)C. The normalized spacial score (nSPS) is 13.2. The maximum atomic E-state index is 11.3. The van der Waals surface area contributed by atoms with E-state index in [-0.39, 0.29) is 0 Å². The summed E-state index contributed by atoms with van der Waals surface area (Å²) in [6.45, 7) is 5.30. The van der Waals surface area contributed by atoms with E-state index in [1.165, 1.54) is 4.90 Å². The van der Waals surface area contributed by atoms with Crippen LogP contribution in [0.15, 0.2) is 0 Å². The van der Waals surface area contributed by atoms with E-state index in [4.69, 9.17) is 5.11 Å². The molecular formula is C9H18N2O3. The lowest BCUT2D eigenvalue weighted by Crippen LogP contribution is -2.51. The van der Waals surface area contributed by atoms with Crippen LogP contribution in [0.1, 0.15) is 20.8 Å². The van der Waals surface area contributed by atoms with Gasteiger partial charge in [-0.15, -0.1) is 0 Å². The highest BCUT2D eigenvalue weighted by Gasteiger charge is 2.32. The summed E-state index contributed by atoms with van der Waals surface area (Å²) in [5.74, 6) is -1.02. The average molecular weight is 202 g/mol. The number of nitrogens with one attached hydrogen (secondary N) is 1. The Labute approximate surface area is 84.1 Å². The van der Waals surface area contributed by atoms with Crippen LogP contribution in [0.3, 0.4) is 0 Å². The highest BCUT2D eigenvalue weighted by Crippen LogP contribution is 2.19. The van der Waals surface area contributed by atoms with Gasteiger partial charge in [0, 0.05) is 14.1 Å². The van der Waals surface area contributed by atoms with Gasteiger partial charge in [0.15, 0.2) is 0 Å². The lowest BCUT2D eigenvalue weighted by atomic mass is 9.87. The van der Waals surface area contributed by atoms with Crippen molar-refractivity contribution >= 4 is 12.0 Å². The van der Waals surface area contributed by atoms with Gasteiger partial charge in [-0.3, -0.25) is 0 Å². The second-order valence-electron chi connectivity index (χ2n) is 4.48. The minimum atomic E-state index is -1.02. The number of rotatable bonds is 2. The molecule has 14 heavy (non-hydrogen) atoms. The average Bonchev–Trinajstić information content (AvgIpc) is 1.96. The largest absolute Gasteiger partial charge is 0.480 e. The number of carbonyl (C=O) groups excluding carboxylic acids is 1. The zero-order chi connectivity index (χ0) is 11.5. The van der Waals surface area contributed by atoms with Crippen molar-refractivity contribution in [3.8, 4) is 0 Å². The van der Waals surface area contributed by atoms with Gasteiger partial charge < -0.3 is 15.3 Å². The lowest BCUT2D eigenvalue weighted by Gasteiger charge is -2.28. The molecule has 0 radical (unpaired) electrons. The second-order valence-corrected chi connectivity index (χ2v) is 4.48. The van der Waals surface area contributed by atoms with Gasteiger partial charge in [0.1, 0.15) is 6.04 Å². The first kappa shape index (κ1) is 12.7. The molecule has 0 saturated heterocycles. The summed E-state index contributed by atoms with van der Waals surface area (Å²) < 4.78 is 0. The molecule has 82 valence electrons. The van der Waals surface area contributed by atoms with Crippen molar-refractivity contribution < 1.29 is 14.7 Å². The molecule has 0 saturated carbocycles. The van der Waals surface area contributed by atoms with Crippen molar-refractivity contribution in [1.82, 2.24) is 10.2 Å². The summed E-state index contributed by atoms with van der Waals surface area (Å²) in [5, 5.41) is 11.3. The van der Waals surface area contributed by atoms with Gasteiger partial charge in [-0.05, 0) is 5.41 Å². The molecule has 0 aliphatic heterocycles. The van der Waals surface area contributed by atoms with Crippen LogP contribution in [0.5, 0.6) is 0 Å². The number of nitrogens with zero attached hydrogens (tertiary/aromatic N) is 1. The molecular weight excluding hydrogens is 184 g/mol. The van der Waals surface area contributed by atoms with Crippen LogP contribution >= 0.6 is 0 Å².